The molecule has 1 N–H and O–H groups in total. The van der Waals surface area contributed by atoms with Crippen LogP contribution in [-0.4, -0.2) is 24.7 Å². The fourth-order valence-electron chi connectivity index (χ4n) is 3.19. The van der Waals surface area contributed by atoms with Gasteiger partial charge in [0, 0.05) is 11.5 Å². The smallest absolute Gasteiger partial charge is 0.261 e. The average molecular weight is 293 g/mol. The van der Waals surface area contributed by atoms with Crippen LogP contribution in [0.4, 0.5) is 0 Å². The standard InChI is InChI=1S/C16H23NO2S/c1-10-5-6-14-12(8-10)9-15(20-14)16(18)17-11(2)13-4-3-7-19-13/h9-11,13H,3-8H2,1-2H3,(H,17,18)/t10-,11+,13+/m1/s1. The van der Waals surface area contributed by atoms with E-state index in [-0.39, 0.29) is 18.1 Å². The summed E-state index contributed by atoms with van der Waals surface area (Å²) >= 11 is 1.68. The maximum absolute atomic E-state index is 12.4. The minimum atomic E-state index is 0.0695. The molecule has 0 saturated carbocycles. The zero-order chi connectivity index (χ0) is 14.1. The largest absolute Gasteiger partial charge is 0.376 e. The summed E-state index contributed by atoms with van der Waals surface area (Å²) in [5.41, 5.74) is 1.39. The molecule has 0 aromatic carbocycles. The van der Waals surface area contributed by atoms with Crippen LogP contribution in [0.15, 0.2) is 6.07 Å². The zero-order valence-electron chi connectivity index (χ0n) is 12.3. The Balaban J connectivity index is 1.65. The van der Waals surface area contributed by atoms with Crippen LogP contribution in [0.3, 0.4) is 0 Å². The van der Waals surface area contributed by atoms with Crippen molar-refractivity contribution in [1.29, 1.82) is 0 Å². The first-order valence-corrected chi connectivity index (χ1v) is 8.49. The van der Waals surface area contributed by atoms with E-state index in [1.54, 1.807) is 11.3 Å². The molecule has 1 aliphatic heterocycles. The predicted molar refractivity (Wildman–Crippen MR) is 81.4 cm³/mol. The van der Waals surface area contributed by atoms with E-state index in [0.29, 0.717) is 0 Å². The van der Waals surface area contributed by atoms with Gasteiger partial charge in [-0.2, -0.15) is 0 Å². The number of hydrogen-bond acceptors (Lipinski definition) is 3. The van der Waals surface area contributed by atoms with Crippen LogP contribution in [0, 0.1) is 5.92 Å². The molecule has 1 amide bonds. The number of thiophene rings is 1. The van der Waals surface area contributed by atoms with Gasteiger partial charge in [0.1, 0.15) is 0 Å². The second-order valence-electron chi connectivity index (χ2n) is 6.22. The summed E-state index contributed by atoms with van der Waals surface area (Å²) in [5, 5.41) is 3.10. The minimum absolute atomic E-state index is 0.0695. The maximum atomic E-state index is 12.4. The third-order valence-electron chi connectivity index (χ3n) is 4.43. The lowest BCUT2D eigenvalue weighted by Gasteiger charge is -2.19. The first-order valence-electron chi connectivity index (χ1n) is 7.67. The van der Waals surface area contributed by atoms with E-state index in [1.165, 1.54) is 16.9 Å². The second-order valence-corrected chi connectivity index (χ2v) is 7.36. The highest BCUT2D eigenvalue weighted by atomic mass is 32.1. The van der Waals surface area contributed by atoms with E-state index in [0.717, 1.165) is 43.1 Å². The molecule has 0 bridgehead atoms. The summed E-state index contributed by atoms with van der Waals surface area (Å²) in [6.45, 7) is 5.17. The molecule has 0 radical (unpaired) electrons. The van der Waals surface area contributed by atoms with Crippen molar-refractivity contribution < 1.29 is 9.53 Å². The summed E-state index contributed by atoms with van der Waals surface area (Å²) in [4.78, 5) is 14.6. The molecule has 4 heteroatoms. The Morgan fingerprint density at radius 2 is 2.35 bits per heavy atom. The van der Waals surface area contributed by atoms with Gasteiger partial charge in [0.05, 0.1) is 17.0 Å². The van der Waals surface area contributed by atoms with Crippen molar-refractivity contribution in [3.05, 3.63) is 21.4 Å². The lowest BCUT2D eigenvalue weighted by Crippen LogP contribution is -2.40. The van der Waals surface area contributed by atoms with Gasteiger partial charge in [-0.1, -0.05) is 6.92 Å². The molecule has 2 aliphatic rings. The fourth-order valence-corrected chi connectivity index (χ4v) is 4.30. The van der Waals surface area contributed by atoms with Crippen molar-refractivity contribution in [2.45, 2.75) is 58.1 Å². The molecule has 0 spiro atoms. The normalized spacial score (nSPS) is 27.1. The molecule has 20 heavy (non-hydrogen) atoms. The molecule has 110 valence electrons. The van der Waals surface area contributed by atoms with Gasteiger partial charge in [-0.25, -0.2) is 0 Å². The second kappa shape index (κ2) is 5.86. The predicted octanol–water partition coefficient (Wildman–Crippen LogP) is 3.17. The highest BCUT2D eigenvalue weighted by molar-refractivity contribution is 7.14. The van der Waals surface area contributed by atoms with Gasteiger partial charge in [-0.15, -0.1) is 11.3 Å². The molecular formula is C16H23NO2S. The van der Waals surface area contributed by atoms with Crippen LogP contribution in [0.1, 0.15) is 53.2 Å². The Bertz CT molecular complexity index is 491. The zero-order valence-corrected chi connectivity index (χ0v) is 13.1. The quantitative estimate of drug-likeness (QED) is 0.929. The monoisotopic (exact) mass is 293 g/mol. The van der Waals surface area contributed by atoms with Gasteiger partial charge in [0.2, 0.25) is 0 Å². The van der Waals surface area contributed by atoms with Crippen molar-refractivity contribution >= 4 is 17.2 Å². The van der Waals surface area contributed by atoms with E-state index in [2.05, 4.69) is 18.3 Å². The molecule has 3 rings (SSSR count). The molecule has 1 fully saturated rings. The third kappa shape index (κ3) is 2.91. The molecule has 3 nitrogen and oxygen atoms in total. The van der Waals surface area contributed by atoms with Crippen molar-refractivity contribution in [3.8, 4) is 0 Å². The van der Waals surface area contributed by atoms with Crippen LogP contribution >= 0.6 is 11.3 Å². The number of hydrogen-bond donors (Lipinski definition) is 1. The summed E-state index contributed by atoms with van der Waals surface area (Å²) in [6, 6.07) is 2.20. The van der Waals surface area contributed by atoms with Gasteiger partial charge in [0.25, 0.3) is 5.91 Å². The summed E-state index contributed by atoms with van der Waals surface area (Å²) < 4.78 is 5.64. The Hall–Kier alpha value is -0.870. The van der Waals surface area contributed by atoms with Gasteiger partial charge in [-0.3, -0.25) is 4.79 Å². The van der Waals surface area contributed by atoms with Crippen LogP contribution in [0.5, 0.6) is 0 Å². The highest BCUT2D eigenvalue weighted by Crippen LogP contribution is 2.32. The molecule has 1 saturated heterocycles. The van der Waals surface area contributed by atoms with Gasteiger partial charge in [0.15, 0.2) is 0 Å². The number of nitrogens with one attached hydrogen (secondary N) is 1. The Morgan fingerprint density at radius 3 is 3.10 bits per heavy atom. The molecule has 2 heterocycles. The Kier molecular flexibility index (Phi) is 4.13. The molecule has 1 aromatic rings. The highest BCUT2D eigenvalue weighted by Gasteiger charge is 2.26. The summed E-state index contributed by atoms with van der Waals surface area (Å²) in [6.07, 6.45) is 5.86. The molecule has 3 atom stereocenters. The molecule has 1 aromatic heterocycles. The van der Waals surface area contributed by atoms with Crippen molar-refractivity contribution in [2.24, 2.45) is 5.92 Å². The number of aryl methyl sites for hydroxylation is 1. The summed E-state index contributed by atoms with van der Waals surface area (Å²) in [5.74, 6) is 0.818. The fraction of sp³-hybridized carbons (Fsp3) is 0.688. The Labute approximate surface area is 124 Å². The van der Waals surface area contributed by atoms with E-state index in [9.17, 15) is 4.79 Å². The van der Waals surface area contributed by atoms with E-state index < -0.39 is 0 Å². The SMILES string of the molecule is C[C@@H]1CCc2sc(C(=O)N[C@@H](C)[C@@H]3CCCO3)cc2C1. The van der Waals surface area contributed by atoms with Crippen LogP contribution in [0.25, 0.3) is 0 Å². The van der Waals surface area contributed by atoms with E-state index in [4.69, 9.17) is 4.74 Å². The number of amides is 1. The first kappa shape index (κ1) is 14.1. The van der Waals surface area contributed by atoms with Crippen LogP contribution < -0.4 is 5.32 Å². The molecule has 1 aliphatic carbocycles. The molecule has 0 unspecified atom stereocenters. The number of carbonyl (C=O) groups excluding carboxylic acids is 1. The number of carbonyl (C=O) groups is 1. The van der Waals surface area contributed by atoms with Gasteiger partial charge < -0.3 is 10.1 Å². The van der Waals surface area contributed by atoms with Gasteiger partial charge >= 0.3 is 0 Å². The lowest BCUT2D eigenvalue weighted by molar-refractivity contribution is 0.0714. The summed E-state index contributed by atoms with van der Waals surface area (Å²) in [7, 11) is 0. The number of fused-ring (bicyclic) bond motifs is 1. The third-order valence-corrected chi connectivity index (χ3v) is 5.67. The van der Waals surface area contributed by atoms with E-state index in [1.807, 2.05) is 6.92 Å². The lowest BCUT2D eigenvalue weighted by atomic mass is 9.90. The Morgan fingerprint density at radius 1 is 1.50 bits per heavy atom. The minimum Gasteiger partial charge on any atom is -0.376 e. The number of ether oxygens (including phenoxy) is 1. The van der Waals surface area contributed by atoms with Crippen molar-refractivity contribution in [2.75, 3.05) is 6.61 Å². The average Bonchev–Trinajstić information content (AvgIpc) is 3.07. The topological polar surface area (TPSA) is 38.3 Å². The van der Waals surface area contributed by atoms with Crippen molar-refractivity contribution in [1.82, 2.24) is 5.32 Å². The van der Waals surface area contributed by atoms with E-state index >= 15 is 0 Å². The van der Waals surface area contributed by atoms with Crippen LogP contribution in [-0.2, 0) is 17.6 Å². The molecular weight excluding hydrogens is 270 g/mol. The van der Waals surface area contributed by atoms with Crippen LogP contribution in [0.2, 0.25) is 0 Å². The first-order chi connectivity index (χ1) is 9.63. The maximum Gasteiger partial charge on any atom is 0.261 e. The van der Waals surface area contributed by atoms with Crippen molar-refractivity contribution in [3.63, 3.8) is 0 Å². The van der Waals surface area contributed by atoms with Gasteiger partial charge in [-0.05, 0) is 56.6 Å². The number of rotatable bonds is 3.